The molecular formula is C13H24N2O4. The van der Waals surface area contributed by atoms with Crippen molar-refractivity contribution < 1.29 is 19.4 Å². The number of carboxylic acid groups (broad SMARTS) is 1. The number of amides is 1. The Morgan fingerprint density at radius 1 is 1.47 bits per heavy atom. The molecule has 0 spiro atoms. The summed E-state index contributed by atoms with van der Waals surface area (Å²) in [5.41, 5.74) is 0. The molecule has 1 unspecified atom stereocenters. The van der Waals surface area contributed by atoms with Gasteiger partial charge in [0.25, 0.3) is 0 Å². The summed E-state index contributed by atoms with van der Waals surface area (Å²) in [5, 5.41) is 11.8. The molecule has 1 saturated heterocycles. The van der Waals surface area contributed by atoms with Gasteiger partial charge in [-0.05, 0) is 20.3 Å². The molecule has 19 heavy (non-hydrogen) atoms. The van der Waals surface area contributed by atoms with E-state index in [0.29, 0.717) is 32.5 Å². The van der Waals surface area contributed by atoms with Gasteiger partial charge in [-0.3, -0.25) is 9.59 Å². The monoisotopic (exact) mass is 272 g/mol. The third-order valence-corrected chi connectivity index (χ3v) is 3.14. The van der Waals surface area contributed by atoms with Crippen molar-refractivity contribution in [3.8, 4) is 0 Å². The van der Waals surface area contributed by atoms with Crippen molar-refractivity contribution in [2.24, 2.45) is 0 Å². The molecule has 6 nitrogen and oxygen atoms in total. The van der Waals surface area contributed by atoms with Gasteiger partial charge in [-0.15, -0.1) is 0 Å². The lowest BCUT2D eigenvalue weighted by Gasteiger charge is -2.30. The number of hydrogen-bond donors (Lipinski definition) is 2. The molecule has 6 heteroatoms. The van der Waals surface area contributed by atoms with E-state index < -0.39 is 5.97 Å². The minimum Gasteiger partial charge on any atom is -0.481 e. The van der Waals surface area contributed by atoms with E-state index in [4.69, 9.17) is 9.84 Å². The van der Waals surface area contributed by atoms with Crippen molar-refractivity contribution in [3.63, 3.8) is 0 Å². The van der Waals surface area contributed by atoms with Crippen LogP contribution in [0.2, 0.25) is 0 Å². The van der Waals surface area contributed by atoms with Crippen LogP contribution in [-0.4, -0.2) is 60.3 Å². The summed E-state index contributed by atoms with van der Waals surface area (Å²) < 4.78 is 5.52. The Morgan fingerprint density at radius 2 is 2.21 bits per heavy atom. The number of nitrogens with zero attached hydrogens (tertiary/aromatic N) is 1. The second-order valence-corrected chi connectivity index (χ2v) is 5.08. The zero-order valence-corrected chi connectivity index (χ0v) is 11.7. The Balaban J connectivity index is 2.40. The van der Waals surface area contributed by atoms with Crippen molar-refractivity contribution in [2.45, 2.75) is 45.3 Å². The summed E-state index contributed by atoms with van der Waals surface area (Å²) >= 11 is 0. The Labute approximate surface area is 114 Å². The maximum absolute atomic E-state index is 12.2. The lowest BCUT2D eigenvalue weighted by atomic mass is 10.1. The average Bonchev–Trinajstić information content (AvgIpc) is 2.35. The van der Waals surface area contributed by atoms with Crippen molar-refractivity contribution in [1.82, 2.24) is 10.2 Å². The van der Waals surface area contributed by atoms with Gasteiger partial charge in [0, 0.05) is 32.1 Å². The van der Waals surface area contributed by atoms with E-state index in [0.717, 1.165) is 6.54 Å². The molecule has 0 saturated carbocycles. The highest BCUT2D eigenvalue weighted by Crippen LogP contribution is 2.09. The van der Waals surface area contributed by atoms with Crippen LogP contribution in [0.5, 0.6) is 0 Å². The van der Waals surface area contributed by atoms with Crippen LogP contribution in [0.3, 0.4) is 0 Å². The molecule has 0 aliphatic carbocycles. The molecule has 1 fully saturated rings. The molecule has 2 N–H and O–H groups in total. The van der Waals surface area contributed by atoms with Gasteiger partial charge in [-0.1, -0.05) is 0 Å². The van der Waals surface area contributed by atoms with Crippen LogP contribution in [0.15, 0.2) is 0 Å². The van der Waals surface area contributed by atoms with E-state index in [9.17, 15) is 9.59 Å². The predicted molar refractivity (Wildman–Crippen MR) is 70.9 cm³/mol. The molecular weight excluding hydrogens is 248 g/mol. The van der Waals surface area contributed by atoms with Gasteiger partial charge in [-0.2, -0.15) is 0 Å². The van der Waals surface area contributed by atoms with Crippen molar-refractivity contribution >= 4 is 11.9 Å². The zero-order valence-electron chi connectivity index (χ0n) is 11.7. The van der Waals surface area contributed by atoms with Crippen LogP contribution in [0, 0.1) is 0 Å². The third kappa shape index (κ3) is 6.02. The summed E-state index contributed by atoms with van der Waals surface area (Å²) in [6.07, 6.45) is 0.876. The Bertz CT molecular complexity index is 301. The normalized spacial score (nSPS) is 19.4. The maximum Gasteiger partial charge on any atom is 0.303 e. The van der Waals surface area contributed by atoms with Gasteiger partial charge < -0.3 is 20.1 Å². The number of carboxylic acids is 1. The first-order chi connectivity index (χ1) is 9.00. The summed E-state index contributed by atoms with van der Waals surface area (Å²) in [6.45, 7) is 6.54. The molecule has 1 amide bonds. The number of morpholine rings is 1. The molecule has 0 bridgehead atoms. The first kappa shape index (κ1) is 15.9. The molecule has 1 rings (SSSR count). The number of rotatable bonds is 7. The van der Waals surface area contributed by atoms with Crippen LogP contribution in [0.1, 0.15) is 33.1 Å². The molecule has 1 aliphatic heterocycles. The van der Waals surface area contributed by atoms with E-state index in [1.165, 1.54) is 0 Å². The van der Waals surface area contributed by atoms with E-state index in [-0.39, 0.29) is 24.5 Å². The minimum absolute atomic E-state index is 0.0362. The minimum atomic E-state index is -0.823. The highest BCUT2D eigenvalue weighted by atomic mass is 16.5. The quantitative estimate of drug-likeness (QED) is 0.704. The first-order valence-corrected chi connectivity index (χ1v) is 6.84. The molecule has 0 aromatic heterocycles. The molecule has 0 radical (unpaired) electrons. The number of hydrogen-bond acceptors (Lipinski definition) is 4. The predicted octanol–water partition coefficient (Wildman–Crippen LogP) is 0.467. The zero-order chi connectivity index (χ0) is 14.3. The molecule has 1 aliphatic rings. The van der Waals surface area contributed by atoms with E-state index in [1.807, 2.05) is 13.8 Å². The summed E-state index contributed by atoms with van der Waals surface area (Å²) in [5.74, 6) is -0.787. The van der Waals surface area contributed by atoms with Crippen molar-refractivity contribution in [1.29, 1.82) is 0 Å². The fourth-order valence-electron chi connectivity index (χ4n) is 2.13. The molecule has 0 aromatic rings. The van der Waals surface area contributed by atoms with E-state index >= 15 is 0 Å². The average molecular weight is 272 g/mol. The summed E-state index contributed by atoms with van der Waals surface area (Å²) in [7, 11) is 0. The van der Waals surface area contributed by atoms with Crippen molar-refractivity contribution in [2.75, 3.05) is 26.2 Å². The van der Waals surface area contributed by atoms with Crippen LogP contribution in [-0.2, 0) is 14.3 Å². The Kier molecular flexibility index (Phi) is 6.80. The van der Waals surface area contributed by atoms with Gasteiger partial charge in [0.2, 0.25) is 5.91 Å². The summed E-state index contributed by atoms with van der Waals surface area (Å²) in [6, 6.07) is 0.0813. The number of aliphatic carboxylic acids is 1. The van der Waals surface area contributed by atoms with Crippen LogP contribution in [0.4, 0.5) is 0 Å². The Hall–Kier alpha value is -1.14. The Morgan fingerprint density at radius 3 is 2.74 bits per heavy atom. The standard InChI is InChI=1S/C13H24N2O4/c1-10(2)15(6-3-4-13(17)18)12(16)8-11-9-14-5-7-19-11/h10-11,14H,3-9H2,1-2H3,(H,17,18). The third-order valence-electron chi connectivity index (χ3n) is 3.14. The van der Waals surface area contributed by atoms with Gasteiger partial charge in [0.1, 0.15) is 0 Å². The maximum atomic E-state index is 12.2. The second kappa shape index (κ2) is 8.12. The van der Waals surface area contributed by atoms with E-state index in [1.54, 1.807) is 4.90 Å². The second-order valence-electron chi connectivity index (χ2n) is 5.08. The number of carbonyl (C=O) groups excluding carboxylic acids is 1. The highest BCUT2D eigenvalue weighted by molar-refractivity contribution is 5.77. The molecule has 1 heterocycles. The number of nitrogens with one attached hydrogen (secondary N) is 1. The fourth-order valence-corrected chi connectivity index (χ4v) is 2.13. The fraction of sp³-hybridized carbons (Fsp3) is 0.846. The van der Waals surface area contributed by atoms with Gasteiger partial charge in [0.15, 0.2) is 0 Å². The van der Waals surface area contributed by atoms with Gasteiger partial charge in [-0.25, -0.2) is 0 Å². The largest absolute Gasteiger partial charge is 0.481 e. The lowest BCUT2D eigenvalue weighted by Crippen LogP contribution is -2.44. The summed E-state index contributed by atoms with van der Waals surface area (Å²) in [4.78, 5) is 24.4. The SMILES string of the molecule is CC(C)N(CCCC(=O)O)C(=O)CC1CNCCO1. The smallest absolute Gasteiger partial charge is 0.303 e. The molecule has 0 aromatic carbocycles. The van der Waals surface area contributed by atoms with Crippen LogP contribution < -0.4 is 5.32 Å². The van der Waals surface area contributed by atoms with Crippen LogP contribution >= 0.6 is 0 Å². The van der Waals surface area contributed by atoms with E-state index in [2.05, 4.69) is 5.32 Å². The van der Waals surface area contributed by atoms with Crippen LogP contribution in [0.25, 0.3) is 0 Å². The molecule has 1 atom stereocenters. The number of carbonyl (C=O) groups is 2. The van der Waals surface area contributed by atoms with Crippen molar-refractivity contribution in [3.05, 3.63) is 0 Å². The van der Waals surface area contributed by atoms with Gasteiger partial charge >= 0.3 is 5.97 Å². The first-order valence-electron chi connectivity index (χ1n) is 6.84. The number of ether oxygens (including phenoxy) is 1. The highest BCUT2D eigenvalue weighted by Gasteiger charge is 2.23. The molecule has 110 valence electrons. The topological polar surface area (TPSA) is 78.9 Å². The van der Waals surface area contributed by atoms with Gasteiger partial charge in [0.05, 0.1) is 19.1 Å². The lowest BCUT2D eigenvalue weighted by molar-refractivity contribution is -0.139.